The van der Waals surface area contributed by atoms with Crippen LogP contribution < -0.4 is 10.6 Å². The van der Waals surface area contributed by atoms with Gasteiger partial charge in [-0.1, -0.05) is 18.2 Å². The van der Waals surface area contributed by atoms with Gasteiger partial charge in [-0.15, -0.1) is 0 Å². The lowest BCUT2D eigenvalue weighted by atomic mass is 10.2. The van der Waals surface area contributed by atoms with Gasteiger partial charge in [0, 0.05) is 42.8 Å². The molecule has 1 fully saturated rings. The van der Waals surface area contributed by atoms with E-state index in [1.165, 1.54) is 22.3 Å². The number of carbonyl (C=O) groups excluding carboxylic acids is 1. The van der Waals surface area contributed by atoms with Gasteiger partial charge in [0.25, 0.3) is 0 Å². The lowest BCUT2D eigenvalue weighted by molar-refractivity contribution is -0.129. The number of nitrogens with one attached hydrogen (secondary N) is 1. The summed E-state index contributed by atoms with van der Waals surface area (Å²) in [5.74, 6) is 0.0419. The zero-order valence-electron chi connectivity index (χ0n) is 11.7. The van der Waals surface area contributed by atoms with Crippen LogP contribution in [-0.2, 0) is 4.79 Å². The number of carbonyl (C=O) groups is 1. The zero-order valence-corrected chi connectivity index (χ0v) is 11.7. The number of nitrogens with zero attached hydrogens (tertiary/aromatic N) is 2. The first-order chi connectivity index (χ1) is 9.70. The number of benzene rings is 1. The number of aromatic amines is 1. The number of nitrogens with two attached hydrogens (primary N) is 1. The van der Waals surface area contributed by atoms with Crippen LogP contribution in [-0.4, -0.2) is 48.5 Å². The molecule has 0 aliphatic carbocycles. The number of para-hydroxylation sites is 1. The summed E-state index contributed by atoms with van der Waals surface area (Å²) in [6.45, 7) is 5.41. The van der Waals surface area contributed by atoms with Crippen LogP contribution in [0.4, 0.5) is 5.69 Å². The molecule has 3 N–H and O–H groups in total. The van der Waals surface area contributed by atoms with Gasteiger partial charge in [0.1, 0.15) is 0 Å². The third kappa shape index (κ3) is 2.14. The van der Waals surface area contributed by atoms with Crippen LogP contribution in [0, 0.1) is 6.92 Å². The van der Waals surface area contributed by atoms with Crippen molar-refractivity contribution in [3.8, 4) is 0 Å². The maximum atomic E-state index is 11.6. The first-order valence-electron chi connectivity index (χ1n) is 7.01. The highest BCUT2D eigenvalue weighted by molar-refractivity contribution is 5.95. The Hall–Kier alpha value is -2.01. The molecular formula is C15H20N4O. The molecule has 1 aliphatic heterocycles. The lowest BCUT2D eigenvalue weighted by Crippen LogP contribution is -2.50. The molecule has 0 spiro atoms. The highest BCUT2D eigenvalue weighted by Gasteiger charge is 2.23. The third-order valence-corrected chi connectivity index (χ3v) is 3.98. The number of hydrogen-bond donors (Lipinski definition) is 2. The van der Waals surface area contributed by atoms with Crippen LogP contribution in [0.2, 0.25) is 0 Å². The Kier molecular flexibility index (Phi) is 3.36. The molecule has 20 heavy (non-hydrogen) atoms. The Labute approximate surface area is 118 Å². The summed E-state index contributed by atoms with van der Waals surface area (Å²) in [5.41, 5.74) is 9.04. The van der Waals surface area contributed by atoms with Crippen LogP contribution in [0.25, 0.3) is 10.9 Å². The first kappa shape index (κ1) is 13.0. The van der Waals surface area contributed by atoms with Crippen molar-refractivity contribution in [2.45, 2.75) is 6.92 Å². The van der Waals surface area contributed by atoms with E-state index in [1.807, 2.05) is 11.0 Å². The maximum Gasteiger partial charge on any atom is 0.236 e. The number of amides is 1. The summed E-state index contributed by atoms with van der Waals surface area (Å²) in [4.78, 5) is 19.2. The van der Waals surface area contributed by atoms with Gasteiger partial charge < -0.3 is 20.5 Å². The topological polar surface area (TPSA) is 65.4 Å². The second kappa shape index (κ2) is 5.17. The van der Waals surface area contributed by atoms with Crippen molar-refractivity contribution in [3.05, 3.63) is 30.0 Å². The number of hydrogen-bond acceptors (Lipinski definition) is 3. The molecule has 0 saturated carbocycles. The van der Waals surface area contributed by atoms with Gasteiger partial charge in [-0.2, -0.15) is 0 Å². The Morgan fingerprint density at radius 3 is 2.65 bits per heavy atom. The molecule has 1 amide bonds. The molecule has 1 saturated heterocycles. The van der Waals surface area contributed by atoms with E-state index in [-0.39, 0.29) is 12.5 Å². The molecule has 0 atom stereocenters. The smallest absolute Gasteiger partial charge is 0.236 e. The summed E-state index contributed by atoms with van der Waals surface area (Å²) in [6, 6.07) is 8.35. The van der Waals surface area contributed by atoms with E-state index in [2.05, 4.69) is 35.0 Å². The average Bonchev–Trinajstić information content (AvgIpc) is 2.82. The number of H-pyrrole nitrogens is 1. The van der Waals surface area contributed by atoms with Crippen LogP contribution in [0.5, 0.6) is 0 Å². The summed E-state index contributed by atoms with van der Waals surface area (Å²) >= 11 is 0. The van der Waals surface area contributed by atoms with E-state index >= 15 is 0 Å². The molecule has 5 heteroatoms. The number of anilines is 1. The Bertz CT molecular complexity index is 626. The number of piperazine rings is 1. The molecule has 1 aliphatic rings. The number of fused-ring (bicyclic) bond motifs is 1. The fourth-order valence-electron chi connectivity index (χ4n) is 2.98. The van der Waals surface area contributed by atoms with Crippen molar-refractivity contribution in [1.82, 2.24) is 9.88 Å². The van der Waals surface area contributed by atoms with Crippen molar-refractivity contribution >= 4 is 22.5 Å². The second-order valence-electron chi connectivity index (χ2n) is 5.22. The van der Waals surface area contributed by atoms with Crippen molar-refractivity contribution in [3.63, 3.8) is 0 Å². The van der Waals surface area contributed by atoms with Gasteiger partial charge in [0.05, 0.1) is 12.2 Å². The summed E-state index contributed by atoms with van der Waals surface area (Å²) in [6.07, 6.45) is 0. The molecule has 2 aromatic rings. The van der Waals surface area contributed by atoms with Gasteiger partial charge >= 0.3 is 0 Å². The van der Waals surface area contributed by atoms with Crippen LogP contribution in [0.1, 0.15) is 5.69 Å². The van der Waals surface area contributed by atoms with E-state index < -0.39 is 0 Å². The highest BCUT2D eigenvalue weighted by atomic mass is 16.2. The SMILES string of the molecule is Cc1[nH]c2ccccc2c1N1CCN(C(=O)CN)CC1. The second-order valence-corrected chi connectivity index (χ2v) is 5.22. The molecule has 0 bridgehead atoms. The van der Waals surface area contributed by atoms with Gasteiger partial charge in [-0.3, -0.25) is 4.79 Å². The minimum atomic E-state index is 0.0419. The van der Waals surface area contributed by atoms with Gasteiger partial charge in [-0.05, 0) is 13.0 Å². The minimum Gasteiger partial charge on any atom is -0.366 e. The molecule has 1 aromatic carbocycles. The zero-order chi connectivity index (χ0) is 14.1. The lowest BCUT2D eigenvalue weighted by Gasteiger charge is -2.36. The van der Waals surface area contributed by atoms with E-state index in [9.17, 15) is 4.79 Å². The van der Waals surface area contributed by atoms with Crippen LogP contribution >= 0.6 is 0 Å². The predicted octanol–water partition coefficient (Wildman–Crippen LogP) is 1.08. The largest absolute Gasteiger partial charge is 0.366 e. The van der Waals surface area contributed by atoms with Crippen molar-refractivity contribution in [2.24, 2.45) is 5.73 Å². The number of rotatable bonds is 2. The molecule has 0 radical (unpaired) electrons. The van der Waals surface area contributed by atoms with Crippen LogP contribution in [0.15, 0.2) is 24.3 Å². The number of aryl methyl sites for hydroxylation is 1. The standard InChI is InChI=1S/C15H20N4O/c1-11-15(12-4-2-3-5-13(12)17-11)19-8-6-18(7-9-19)14(20)10-16/h2-5,17H,6-10,16H2,1H3. The Morgan fingerprint density at radius 2 is 1.95 bits per heavy atom. The summed E-state index contributed by atoms with van der Waals surface area (Å²) in [7, 11) is 0. The van der Waals surface area contributed by atoms with E-state index in [1.54, 1.807) is 0 Å². The monoisotopic (exact) mass is 272 g/mol. The van der Waals surface area contributed by atoms with E-state index in [0.29, 0.717) is 0 Å². The molecule has 106 valence electrons. The summed E-state index contributed by atoms with van der Waals surface area (Å²) < 4.78 is 0. The molecule has 2 heterocycles. The Morgan fingerprint density at radius 1 is 1.25 bits per heavy atom. The van der Waals surface area contributed by atoms with E-state index in [4.69, 9.17) is 5.73 Å². The maximum absolute atomic E-state index is 11.6. The molecule has 3 rings (SSSR count). The molecule has 1 aromatic heterocycles. The van der Waals surface area contributed by atoms with Crippen LogP contribution in [0.3, 0.4) is 0 Å². The van der Waals surface area contributed by atoms with Crippen molar-refractivity contribution < 1.29 is 4.79 Å². The first-order valence-corrected chi connectivity index (χ1v) is 7.01. The molecular weight excluding hydrogens is 252 g/mol. The molecule has 0 unspecified atom stereocenters. The van der Waals surface area contributed by atoms with Gasteiger partial charge in [-0.25, -0.2) is 0 Å². The minimum absolute atomic E-state index is 0.0419. The quantitative estimate of drug-likeness (QED) is 0.860. The fraction of sp³-hybridized carbons (Fsp3) is 0.400. The van der Waals surface area contributed by atoms with Crippen molar-refractivity contribution in [2.75, 3.05) is 37.6 Å². The summed E-state index contributed by atoms with van der Waals surface area (Å²) in [5, 5.41) is 1.25. The number of aromatic nitrogens is 1. The third-order valence-electron chi connectivity index (χ3n) is 3.98. The van der Waals surface area contributed by atoms with Gasteiger partial charge in [0.15, 0.2) is 0 Å². The highest BCUT2D eigenvalue weighted by Crippen LogP contribution is 2.31. The average molecular weight is 272 g/mol. The fourth-order valence-corrected chi connectivity index (χ4v) is 2.98. The Balaban J connectivity index is 1.83. The molecule has 5 nitrogen and oxygen atoms in total. The van der Waals surface area contributed by atoms with Crippen molar-refractivity contribution in [1.29, 1.82) is 0 Å². The van der Waals surface area contributed by atoms with Gasteiger partial charge in [0.2, 0.25) is 5.91 Å². The van der Waals surface area contributed by atoms with E-state index in [0.717, 1.165) is 26.2 Å². The predicted molar refractivity (Wildman–Crippen MR) is 80.9 cm³/mol. The normalized spacial score (nSPS) is 15.9.